The molecule has 0 saturated carbocycles. The lowest BCUT2D eigenvalue weighted by atomic mass is 9.67. The van der Waals surface area contributed by atoms with Crippen LogP contribution in [0.4, 0.5) is 0 Å². The molecule has 0 atom stereocenters. The molecule has 0 aliphatic heterocycles. The summed E-state index contributed by atoms with van der Waals surface area (Å²) in [5.74, 6) is 0. The lowest BCUT2D eigenvalue weighted by Crippen LogP contribution is -2.28. The predicted octanol–water partition coefficient (Wildman–Crippen LogP) is 11.7. The fourth-order valence-corrected chi connectivity index (χ4v) is 7.82. The molecule has 1 aliphatic carbocycles. The molecule has 1 aliphatic rings. The Morgan fingerprint density at radius 1 is 0.289 bits per heavy atom. The Hall–Kier alpha value is -5.72. The van der Waals surface area contributed by atoms with Gasteiger partial charge in [-0.15, -0.1) is 0 Å². The van der Waals surface area contributed by atoms with Gasteiger partial charge in [0, 0.05) is 0 Å². The SMILES string of the molecule is c1cc(-c2cccc3ccccc23)cc(C2(c3cccc(-c4cccc5ccccc45)c3)c3ccccc3-c3ccccc32)c1. The van der Waals surface area contributed by atoms with Crippen molar-refractivity contribution >= 4 is 21.5 Å². The van der Waals surface area contributed by atoms with Crippen LogP contribution in [-0.4, -0.2) is 0 Å². The minimum Gasteiger partial charge on any atom is -0.0619 e. The first-order chi connectivity index (χ1) is 22.3. The lowest BCUT2D eigenvalue weighted by molar-refractivity contribution is 0.769. The van der Waals surface area contributed by atoms with Crippen molar-refractivity contribution in [2.24, 2.45) is 0 Å². The molecular weight excluding hydrogens is 540 g/mol. The molecule has 9 rings (SSSR count). The first-order valence-corrected chi connectivity index (χ1v) is 15.7. The van der Waals surface area contributed by atoms with Crippen LogP contribution < -0.4 is 0 Å². The number of rotatable bonds is 4. The summed E-state index contributed by atoms with van der Waals surface area (Å²) < 4.78 is 0. The van der Waals surface area contributed by atoms with Gasteiger partial charge in [-0.2, -0.15) is 0 Å². The zero-order valence-corrected chi connectivity index (χ0v) is 24.8. The maximum Gasteiger partial charge on any atom is 0.0713 e. The summed E-state index contributed by atoms with van der Waals surface area (Å²) in [6.07, 6.45) is 0. The van der Waals surface area contributed by atoms with Crippen molar-refractivity contribution in [3.8, 4) is 33.4 Å². The van der Waals surface area contributed by atoms with Crippen LogP contribution in [0.1, 0.15) is 22.3 Å². The molecule has 0 N–H and O–H groups in total. The van der Waals surface area contributed by atoms with Gasteiger partial charge in [-0.05, 0) is 89.3 Å². The minimum atomic E-state index is -0.478. The summed E-state index contributed by atoms with van der Waals surface area (Å²) in [6, 6.07) is 67.2. The van der Waals surface area contributed by atoms with Crippen LogP contribution in [0.5, 0.6) is 0 Å². The van der Waals surface area contributed by atoms with Crippen molar-refractivity contribution < 1.29 is 0 Å². The Labute approximate surface area is 263 Å². The van der Waals surface area contributed by atoms with E-state index in [4.69, 9.17) is 0 Å². The second kappa shape index (κ2) is 10.2. The standard InChI is InChI=1S/C45H30/c1-3-21-37-31(13-1)15-11-25-39(37)33-17-9-19-35(29-33)45(43-27-7-5-23-41(43)42-24-6-8-28-44(42)45)36-20-10-18-34(30-36)40-26-12-16-32-14-2-4-22-38(32)40/h1-30H. The Morgan fingerprint density at radius 2 is 0.667 bits per heavy atom. The molecule has 0 fully saturated rings. The molecule has 210 valence electrons. The van der Waals surface area contributed by atoms with Crippen LogP contribution >= 0.6 is 0 Å². The molecule has 0 spiro atoms. The van der Waals surface area contributed by atoms with E-state index in [1.807, 2.05) is 0 Å². The van der Waals surface area contributed by atoms with Gasteiger partial charge in [0.15, 0.2) is 0 Å². The molecule has 0 saturated heterocycles. The predicted molar refractivity (Wildman–Crippen MR) is 190 cm³/mol. The summed E-state index contributed by atoms with van der Waals surface area (Å²) in [5, 5.41) is 5.07. The molecule has 0 bridgehead atoms. The smallest absolute Gasteiger partial charge is 0.0619 e. The second-order valence-electron chi connectivity index (χ2n) is 12.1. The number of hydrogen-bond donors (Lipinski definition) is 0. The molecule has 0 unspecified atom stereocenters. The van der Waals surface area contributed by atoms with Gasteiger partial charge in [-0.25, -0.2) is 0 Å². The summed E-state index contributed by atoms with van der Waals surface area (Å²) in [4.78, 5) is 0. The third-order valence-electron chi connectivity index (χ3n) is 9.74. The van der Waals surface area contributed by atoms with Crippen LogP contribution in [0.3, 0.4) is 0 Å². The van der Waals surface area contributed by atoms with Crippen LogP contribution in [0.15, 0.2) is 182 Å². The number of fused-ring (bicyclic) bond motifs is 5. The first kappa shape index (κ1) is 25.7. The largest absolute Gasteiger partial charge is 0.0713 e. The quantitative estimate of drug-likeness (QED) is 0.197. The second-order valence-corrected chi connectivity index (χ2v) is 12.1. The maximum atomic E-state index is 2.44. The highest BCUT2D eigenvalue weighted by Gasteiger charge is 2.46. The van der Waals surface area contributed by atoms with E-state index >= 15 is 0 Å². The molecule has 8 aromatic carbocycles. The van der Waals surface area contributed by atoms with Crippen molar-refractivity contribution in [3.63, 3.8) is 0 Å². The van der Waals surface area contributed by atoms with E-state index in [0.29, 0.717) is 0 Å². The Morgan fingerprint density at radius 3 is 1.18 bits per heavy atom. The van der Waals surface area contributed by atoms with Gasteiger partial charge in [0.25, 0.3) is 0 Å². The summed E-state index contributed by atoms with van der Waals surface area (Å²) >= 11 is 0. The molecule has 45 heavy (non-hydrogen) atoms. The fraction of sp³-hybridized carbons (Fsp3) is 0.0222. The number of hydrogen-bond acceptors (Lipinski definition) is 0. The van der Waals surface area contributed by atoms with Gasteiger partial charge in [-0.3, -0.25) is 0 Å². The monoisotopic (exact) mass is 570 g/mol. The van der Waals surface area contributed by atoms with E-state index < -0.39 is 5.41 Å². The van der Waals surface area contributed by atoms with Crippen LogP contribution in [-0.2, 0) is 5.41 Å². The van der Waals surface area contributed by atoms with Crippen molar-refractivity contribution in [3.05, 3.63) is 204 Å². The molecule has 0 heteroatoms. The van der Waals surface area contributed by atoms with Crippen LogP contribution in [0.2, 0.25) is 0 Å². The topological polar surface area (TPSA) is 0 Å². The van der Waals surface area contributed by atoms with E-state index in [9.17, 15) is 0 Å². The van der Waals surface area contributed by atoms with Gasteiger partial charge in [0.1, 0.15) is 0 Å². The molecule has 8 aromatic rings. The first-order valence-electron chi connectivity index (χ1n) is 15.7. The lowest BCUT2D eigenvalue weighted by Gasteiger charge is -2.34. The van der Waals surface area contributed by atoms with Gasteiger partial charge < -0.3 is 0 Å². The van der Waals surface area contributed by atoms with Gasteiger partial charge in [-0.1, -0.05) is 170 Å². The van der Waals surface area contributed by atoms with Gasteiger partial charge in [0.2, 0.25) is 0 Å². The summed E-state index contributed by atoms with van der Waals surface area (Å²) in [6.45, 7) is 0. The highest BCUT2D eigenvalue weighted by molar-refractivity contribution is 5.98. The third kappa shape index (κ3) is 3.86. The van der Waals surface area contributed by atoms with E-state index in [1.165, 1.54) is 77.2 Å². The molecule has 0 radical (unpaired) electrons. The van der Waals surface area contributed by atoms with E-state index in [1.54, 1.807) is 0 Å². The van der Waals surface area contributed by atoms with E-state index in [0.717, 1.165) is 0 Å². The van der Waals surface area contributed by atoms with Crippen molar-refractivity contribution in [2.45, 2.75) is 5.41 Å². The third-order valence-corrected chi connectivity index (χ3v) is 9.74. The van der Waals surface area contributed by atoms with Gasteiger partial charge >= 0.3 is 0 Å². The summed E-state index contributed by atoms with van der Waals surface area (Å²) in [7, 11) is 0. The Bertz CT molecular complexity index is 2210. The normalized spacial score (nSPS) is 13.1. The average molecular weight is 571 g/mol. The van der Waals surface area contributed by atoms with E-state index in [-0.39, 0.29) is 0 Å². The molecule has 0 heterocycles. The van der Waals surface area contributed by atoms with Gasteiger partial charge in [0.05, 0.1) is 5.41 Å². The number of benzene rings is 8. The zero-order valence-electron chi connectivity index (χ0n) is 24.8. The maximum absolute atomic E-state index is 2.44. The Balaban J connectivity index is 1.35. The minimum absolute atomic E-state index is 0.478. The molecule has 0 amide bonds. The van der Waals surface area contributed by atoms with Crippen LogP contribution in [0, 0.1) is 0 Å². The molecule has 0 nitrogen and oxygen atoms in total. The van der Waals surface area contributed by atoms with Crippen molar-refractivity contribution in [1.29, 1.82) is 0 Å². The summed E-state index contributed by atoms with van der Waals surface area (Å²) in [5.41, 5.74) is 12.3. The molecular formula is C45H30. The average Bonchev–Trinajstić information content (AvgIpc) is 3.42. The molecule has 0 aromatic heterocycles. The van der Waals surface area contributed by atoms with Crippen molar-refractivity contribution in [1.82, 2.24) is 0 Å². The van der Waals surface area contributed by atoms with Crippen LogP contribution in [0.25, 0.3) is 54.9 Å². The highest BCUT2D eigenvalue weighted by Crippen LogP contribution is 2.56. The fourth-order valence-electron chi connectivity index (χ4n) is 7.82. The Kier molecular flexibility index (Phi) is 5.83. The van der Waals surface area contributed by atoms with Crippen molar-refractivity contribution in [2.75, 3.05) is 0 Å². The van der Waals surface area contributed by atoms with E-state index in [2.05, 4.69) is 182 Å². The zero-order chi connectivity index (χ0) is 29.8. The highest BCUT2D eigenvalue weighted by atomic mass is 14.5.